The maximum absolute atomic E-state index is 11.3. The average Bonchev–Trinajstić information content (AvgIpc) is 2.25. The van der Waals surface area contributed by atoms with Gasteiger partial charge in [-0.1, -0.05) is 30.3 Å². The van der Waals surface area contributed by atoms with E-state index in [9.17, 15) is 4.79 Å². The minimum absolute atomic E-state index is 0.225. The van der Waals surface area contributed by atoms with Crippen LogP contribution < -0.4 is 0 Å². The van der Waals surface area contributed by atoms with Gasteiger partial charge in [-0.05, 0) is 24.8 Å². The Labute approximate surface area is 91.9 Å². The van der Waals surface area contributed by atoms with E-state index < -0.39 is 0 Å². The third kappa shape index (κ3) is 4.63. The maximum Gasteiger partial charge on any atom is 0.222 e. The predicted molar refractivity (Wildman–Crippen MR) is 62.7 cm³/mol. The predicted octanol–water partition coefficient (Wildman–Crippen LogP) is 2.49. The van der Waals surface area contributed by atoms with Crippen LogP contribution in [0.4, 0.5) is 0 Å². The van der Waals surface area contributed by atoms with E-state index in [4.69, 9.17) is 0 Å². The van der Waals surface area contributed by atoms with Crippen molar-refractivity contribution in [1.29, 1.82) is 0 Å². The topological polar surface area (TPSA) is 20.3 Å². The lowest BCUT2D eigenvalue weighted by atomic mass is 10.1. The Balaban J connectivity index is 2.15. The van der Waals surface area contributed by atoms with Crippen molar-refractivity contribution in [3.8, 4) is 0 Å². The molecule has 0 bridgehead atoms. The van der Waals surface area contributed by atoms with Crippen LogP contribution in [0.25, 0.3) is 0 Å². The Morgan fingerprint density at radius 3 is 2.40 bits per heavy atom. The number of carbonyl (C=O) groups is 1. The van der Waals surface area contributed by atoms with E-state index in [1.54, 1.807) is 19.0 Å². The summed E-state index contributed by atoms with van der Waals surface area (Å²) in [5, 5.41) is 0. The van der Waals surface area contributed by atoms with Crippen LogP contribution >= 0.6 is 0 Å². The molecule has 1 rings (SSSR count). The van der Waals surface area contributed by atoms with E-state index >= 15 is 0 Å². The summed E-state index contributed by atoms with van der Waals surface area (Å²) in [5.74, 6) is 0.225. The third-order valence-corrected chi connectivity index (χ3v) is 2.45. The van der Waals surface area contributed by atoms with Crippen molar-refractivity contribution in [1.82, 2.24) is 4.90 Å². The lowest BCUT2D eigenvalue weighted by Crippen LogP contribution is -2.21. The number of aryl methyl sites for hydroxylation is 1. The third-order valence-electron chi connectivity index (χ3n) is 2.45. The van der Waals surface area contributed by atoms with E-state index in [1.807, 2.05) is 6.07 Å². The van der Waals surface area contributed by atoms with Crippen molar-refractivity contribution in [2.75, 3.05) is 14.1 Å². The van der Waals surface area contributed by atoms with Crippen LogP contribution in [0.1, 0.15) is 24.8 Å². The fraction of sp³-hybridized carbons (Fsp3) is 0.462. The molecule has 0 aliphatic carbocycles. The summed E-state index contributed by atoms with van der Waals surface area (Å²) in [6, 6.07) is 10.4. The normalized spacial score (nSPS) is 10.0. The standard InChI is InChI=1S/C13H19NO/c1-14(2)13(15)11-7-6-10-12-8-4-3-5-9-12/h3-5,8-9H,6-7,10-11H2,1-2H3. The van der Waals surface area contributed by atoms with E-state index in [-0.39, 0.29) is 5.91 Å². The summed E-state index contributed by atoms with van der Waals surface area (Å²) in [4.78, 5) is 12.9. The number of hydrogen-bond acceptors (Lipinski definition) is 1. The number of benzene rings is 1. The molecule has 0 fully saturated rings. The maximum atomic E-state index is 11.3. The largest absolute Gasteiger partial charge is 0.349 e. The Bertz CT molecular complexity index is 293. The Kier molecular flexibility index (Phi) is 4.88. The van der Waals surface area contributed by atoms with Gasteiger partial charge in [0.1, 0.15) is 0 Å². The van der Waals surface area contributed by atoms with Crippen LogP contribution in [0.2, 0.25) is 0 Å². The van der Waals surface area contributed by atoms with Crippen LogP contribution in [0.3, 0.4) is 0 Å². The minimum atomic E-state index is 0.225. The molecule has 0 aliphatic heterocycles. The van der Waals surface area contributed by atoms with Crippen molar-refractivity contribution in [2.24, 2.45) is 0 Å². The molecule has 0 aromatic heterocycles. The molecule has 0 heterocycles. The van der Waals surface area contributed by atoms with E-state index in [0.717, 1.165) is 19.3 Å². The molecule has 1 aromatic carbocycles. The van der Waals surface area contributed by atoms with Gasteiger partial charge in [-0.15, -0.1) is 0 Å². The zero-order chi connectivity index (χ0) is 11.1. The minimum Gasteiger partial charge on any atom is -0.349 e. The summed E-state index contributed by atoms with van der Waals surface area (Å²) in [6.07, 6.45) is 3.80. The van der Waals surface area contributed by atoms with Gasteiger partial charge in [0.2, 0.25) is 5.91 Å². The van der Waals surface area contributed by atoms with Crippen LogP contribution in [0.15, 0.2) is 30.3 Å². The second kappa shape index (κ2) is 6.23. The highest BCUT2D eigenvalue weighted by molar-refractivity contribution is 5.75. The summed E-state index contributed by atoms with van der Waals surface area (Å²) in [6.45, 7) is 0. The lowest BCUT2D eigenvalue weighted by molar-refractivity contribution is -0.128. The monoisotopic (exact) mass is 205 g/mol. The molecular formula is C13H19NO. The average molecular weight is 205 g/mol. The molecule has 2 heteroatoms. The summed E-state index contributed by atoms with van der Waals surface area (Å²) in [7, 11) is 3.61. The molecule has 0 saturated carbocycles. The van der Waals surface area contributed by atoms with E-state index in [1.165, 1.54) is 5.56 Å². The van der Waals surface area contributed by atoms with Crippen molar-refractivity contribution in [2.45, 2.75) is 25.7 Å². The van der Waals surface area contributed by atoms with Crippen LogP contribution in [0.5, 0.6) is 0 Å². The number of unbranched alkanes of at least 4 members (excludes halogenated alkanes) is 1. The SMILES string of the molecule is CN(C)C(=O)CCCCc1ccccc1. The zero-order valence-corrected chi connectivity index (χ0v) is 9.57. The molecule has 0 unspecified atom stereocenters. The highest BCUT2D eigenvalue weighted by atomic mass is 16.2. The van der Waals surface area contributed by atoms with Crippen LogP contribution in [-0.2, 0) is 11.2 Å². The first-order valence-corrected chi connectivity index (χ1v) is 5.44. The fourth-order valence-corrected chi connectivity index (χ4v) is 1.47. The first-order chi connectivity index (χ1) is 7.20. The fourth-order valence-electron chi connectivity index (χ4n) is 1.47. The Hall–Kier alpha value is -1.31. The Morgan fingerprint density at radius 1 is 1.13 bits per heavy atom. The molecule has 1 amide bonds. The van der Waals surface area contributed by atoms with Crippen molar-refractivity contribution < 1.29 is 4.79 Å². The summed E-state index contributed by atoms with van der Waals surface area (Å²) >= 11 is 0. The molecular weight excluding hydrogens is 186 g/mol. The number of rotatable bonds is 5. The molecule has 15 heavy (non-hydrogen) atoms. The first-order valence-electron chi connectivity index (χ1n) is 5.44. The molecule has 0 atom stereocenters. The smallest absolute Gasteiger partial charge is 0.222 e. The van der Waals surface area contributed by atoms with Gasteiger partial charge in [0.25, 0.3) is 0 Å². The van der Waals surface area contributed by atoms with Gasteiger partial charge < -0.3 is 4.90 Å². The molecule has 0 spiro atoms. The van der Waals surface area contributed by atoms with Gasteiger partial charge in [0, 0.05) is 20.5 Å². The zero-order valence-electron chi connectivity index (χ0n) is 9.57. The van der Waals surface area contributed by atoms with E-state index in [2.05, 4.69) is 24.3 Å². The molecule has 0 N–H and O–H groups in total. The number of nitrogens with zero attached hydrogens (tertiary/aromatic N) is 1. The second-order valence-electron chi connectivity index (χ2n) is 3.98. The van der Waals surface area contributed by atoms with Crippen molar-refractivity contribution >= 4 is 5.91 Å². The lowest BCUT2D eigenvalue weighted by Gasteiger charge is -2.09. The molecule has 0 radical (unpaired) electrons. The second-order valence-corrected chi connectivity index (χ2v) is 3.98. The van der Waals surface area contributed by atoms with Crippen LogP contribution in [-0.4, -0.2) is 24.9 Å². The first kappa shape index (κ1) is 11.8. The van der Waals surface area contributed by atoms with Gasteiger partial charge >= 0.3 is 0 Å². The number of amides is 1. The molecule has 2 nitrogen and oxygen atoms in total. The summed E-state index contributed by atoms with van der Waals surface area (Å²) < 4.78 is 0. The number of hydrogen-bond donors (Lipinski definition) is 0. The highest BCUT2D eigenvalue weighted by Crippen LogP contribution is 2.06. The van der Waals surface area contributed by atoms with Crippen molar-refractivity contribution in [3.63, 3.8) is 0 Å². The molecule has 1 aromatic rings. The van der Waals surface area contributed by atoms with Crippen molar-refractivity contribution in [3.05, 3.63) is 35.9 Å². The molecule has 0 saturated heterocycles. The molecule has 0 aliphatic rings. The van der Waals surface area contributed by atoms with Gasteiger partial charge in [-0.3, -0.25) is 4.79 Å². The van der Waals surface area contributed by atoms with Crippen LogP contribution in [0, 0.1) is 0 Å². The van der Waals surface area contributed by atoms with Gasteiger partial charge in [-0.2, -0.15) is 0 Å². The van der Waals surface area contributed by atoms with Gasteiger partial charge in [0.05, 0.1) is 0 Å². The van der Waals surface area contributed by atoms with Gasteiger partial charge in [0.15, 0.2) is 0 Å². The summed E-state index contributed by atoms with van der Waals surface area (Å²) in [5.41, 5.74) is 1.36. The highest BCUT2D eigenvalue weighted by Gasteiger charge is 2.02. The Morgan fingerprint density at radius 2 is 1.80 bits per heavy atom. The quantitative estimate of drug-likeness (QED) is 0.676. The van der Waals surface area contributed by atoms with Gasteiger partial charge in [-0.25, -0.2) is 0 Å². The van der Waals surface area contributed by atoms with E-state index in [0.29, 0.717) is 6.42 Å². The molecule has 82 valence electrons. The number of carbonyl (C=O) groups excluding carboxylic acids is 1.